The molecule has 0 aliphatic carbocycles. The van der Waals surface area contributed by atoms with Crippen molar-refractivity contribution in [1.82, 2.24) is 0 Å². The number of aliphatic hydroxyl groups excluding tert-OH is 1. The second-order valence-electron chi connectivity index (χ2n) is 3.55. The molecule has 0 amide bonds. The number of hydrogen-bond donors (Lipinski definition) is 1. The summed E-state index contributed by atoms with van der Waals surface area (Å²) in [6.07, 6.45) is 6.79. The molecule has 0 aromatic heterocycles. The van der Waals surface area contributed by atoms with Crippen LogP contribution in [-0.4, -0.2) is 18.3 Å². The van der Waals surface area contributed by atoms with Gasteiger partial charge in [0.15, 0.2) is 0 Å². The molecule has 0 bridgehead atoms. The lowest BCUT2D eigenvalue weighted by Crippen LogP contribution is -2.03. The van der Waals surface area contributed by atoms with E-state index in [2.05, 4.69) is 12.7 Å². The van der Waals surface area contributed by atoms with Gasteiger partial charge in [0.2, 0.25) is 0 Å². The molecule has 2 nitrogen and oxygen atoms in total. The molecule has 0 saturated heterocycles. The molecule has 16 heavy (non-hydrogen) atoms. The van der Waals surface area contributed by atoms with Gasteiger partial charge in [0.05, 0.1) is 12.7 Å². The summed E-state index contributed by atoms with van der Waals surface area (Å²) < 4.78 is 5.17. The average molecular weight is 218 g/mol. The van der Waals surface area contributed by atoms with E-state index in [-0.39, 0.29) is 12.7 Å². The van der Waals surface area contributed by atoms with Crippen LogP contribution in [0.3, 0.4) is 0 Å². The Morgan fingerprint density at radius 2 is 2.06 bits per heavy atom. The minimum atomic E-state index is 0.0768. The maximum absolute atomic E-state index is 8.90. The first-order chi connectivity index (χ1) is 7.80. The monoisotopic (exact) mass is 218 g/mol. The molecule has 0 fully saturated rings. The zero-order valence-corrected chi connectivity index (χ0v) is 9.60. The fourth-order valence-corrected chi connectivity index (χ4v) is 1.36. The molecule has 86 valence electrons. The summed E-state index contributed by atoms with van der Waals surface area (Å²) in [7, 11) is 1.68. The van der Waals surface area contributed by atoms with E-state index in [0.717, 1.165) is 17.5 Å². The van der Waals surface area contributed by atoms with Gasteiger partial charge in [-0.25, -0.2) is 0 Å². The summed E-state index contributed by atoms with van der Waals surface area (Å²) >= 11 is 0. The fraction of sp³-hybridized carbons (Fsp3) is 0.286. The van der Waals surface area contributed by atoms with E-state index in [4.69, 9.17) is 9.84 Å². The first-order valence-corrected chi connectivity index (χ1v) is 5.32. The minimum absolute atomic E-state index is 0.0768. The Hall–Kier alpha value is -1.38. The maximum atomic E-state index is 8.90. The Labute approximate surface area is 96.9 Å². The van der Waals surface area contributed by atoms with E-state index in [1.807, 2.05) is 30.3 Å². The summed E-state index contributed by atoms with van der Waals surface area (Å²) in [6, 6.07) is 7.80. The molecule has 0 spiro atoms. The largest absolute Gasteiger partial charge is 0.392 e. The van der Waals surface area contributed by atoms with Crippen molar-refractivity contribution in [3.63, 3.8) is 0 Å². The van der Waals surface area contributed by atoms with Crippen LogP contribution in [0.4, 0.5) is 0 Å². The molecular weight excluding hydrogens is 200 g/mol. The molecule has 0 heterocycles. The van der Waals surface area contributed by atoms with Crippen LogP contribution < -0.4 is 0 Å². The molecule has 0 saturated carbocycles. The Kier molecular flexibility index (Phi) is 5.54. The first kappa shape index (κ1) is 12.7. The SMILES string of the molecule is C=CC(C/C=C/c1ccc(CO)cc1)OC. The lowest BCUT2D eigenvalue weighted by molar-refractivity contribution is 0.144. The summed E-state index contributed by atoms with van der Waals surface area (Å²) in [5.41, 5.74) is 2.05. The van der Waals surface area contributed by atoms with Gasteiger partial charge in [-0.3, -0.25) is 0 Å². The third kappa shape index (κ3) is 4.01. The van der Waals surface area contributed by atoms with E-state index in [1.54, 1.807) is 13.2 Å². The topological polar surface area (TPSA) is 29.5 Å². The van der Waals surface area contributed by atoms with Gasteiger partial charge >= 0.3 is 0 Å². The number of methoxy groups -OCH3 is 1. The molecule has 1 rings (SSSR count). The van der Waals surface area contributed by atoms with E-state index >= 15 is 0 Å². The normalized spacial score (nSPS) is 12.9. The smallest absolute Gasteiger partial charge is 0.0783 e. The predicted octanol–water partition coefficient (Wildman–Crippen LogP) is 2.78. The maximum Gasteiger partial charge on any atom is 0.0783 e. The van der Waals surface area contributed by atoms with Gasteiger partial charge in [0.25, 0.3) is 0 Å². The molecule has 0 radical (unpaired) electrons. The Morgan fingerprint density at radius 1 is 1.38 bits per heavy atom. The lowest BCUT2D eigenvalue weighted by Gasteiger charge is -2.05. The van der Waals surface area contributed by atoms with Gasteiger partial charge in [-0.15, -0.1) is 6.58 Å². The molecular formula is C14H18O2. The molecule has 0 aliphatic rings. The van der Waals surface area contributed by atoms with Crippen molar-refractivity contribution in [2.24, 2.45) is 0 Å². The molecule has 1 atom stereocenters. The third-order valence-electron chi connectivity index (χ3n) is 2.41. The summed E-state index contributed by atoms with van der Waals surface area (Å²) in [5, 5.41) is 8.90. The van der Waals surface area contributed by atoms with Crippen molar-refractivity contribution in [2.45, 2.75) is 19.1 Å². The average Bonchev–Trinajstić information content (AvgIpc) is 2.35. The van der Waals surface area contributed by atoms with E-state index < -0.39 is 0 Å². The predicted molar refractivity (Wildman–Crippen MR) is 67.0 cm³/mol. The van der Waals surface area contributed by atoms with Gasteiger partial charge in [-0.05, 0) is 17.5 Å². The van der Waals surface area contributed by atoms with Crippen LogP contribution in [0.15, 0.2) is 43.0 Å². The lowest BCUT2D eigenvalue weighted by atomic mass is 10.1. The van der Waals surface area contributed by atoms with Crippen molar-refractivity contribution < 1.29 is 9.84 Å². The van der Waals surface area contributed by atoms with E-state index in [9.17, 15) is 0 Å². The van der Waals surface area contributed by atoms with Crippen LogP contribution in [-0.2, 0) is 11.3 Å². The van der Waals surface area contributed by atoms with Crippen molar-refractivity contribution in [2.75, 3.05) is 7.11 Å². The second kappa shape index (κ2) is 6.99. The Bertz CT molecular complexity index is 338. The second-order valence-corrected chi connectivity index (χ2v) is 3.55. The first-order valence-electron chi connectivity index (χ1n) is 5.32. The molecule has 1 aromatic rings. The molecule has 1 aromatic carbocycles. The van der Waals surface area contributed by atoms with Crippen LogP contribution in [0.1, 0.15) is 17.5 Å². The zero-order chi connectivity index (χ0) is 11.8. The Balaban J connectivity index is 2.52. The van der Waals surface area contributed by atoms with Gasteiger partial charge in [-0.2, -0.15) is 0 Å². The highest BCUT2D eigenvalue weighted by Gasteiger charge is 1.96. The van der Waals surface area contributed by atoms with Crippen LogP contribution in [0.5, 0.6) is 0 Å². The molecule has 2 heteroatoms. The highest BCUT2D eigenvalue weighted by atomic mass is 16.5. The Morgan fingerprint density at radius 3 is 2.56 bits per heavy atom. The van der Waals surface area contributed by atoms with E-state index in [0.29, 0.717) is 0 Å². The van der Waals surface area contributed by atoms with E-state index in [1.165, 1.54) is 0 Å². The standard InChI is InChI=1S/C14H18O2/c1-3-14(16-2)6-4-5-12-7-9-13(11-15)10-8-12/h3-5,7-10,14-15H,1,6,11H2,2H3/b5-4+. The summed E-state index contributed by atoms with van der Waals surface area (Å²) in [6.45, 7) is 3.78. The highest BCUT2D eigenvalue weighted by molar-refractivity contribution is 5.49. The van der Waals surface area contributed by atoms with Crippen molar-refractivity contribution in [1.29, 1.82) is 0 Å². The fourth-order valence-electron chi connectivity index (χ4n) is 1.36. The number of ether oxygens (including phenoxy) is 1. The van der Waals surface area contributed by atoms with Crippen LogP contribution in [0, 0.1) is 0 Å². The molecule has 0 aliphatic heterocycles. The molecule has 1 unspecified atom stereocenters. The van der Waals surface area contributed by atoms with Crippen molar-refractivity contribution in [3.05, 3.63) is 54.1 Å². The summed E-state index contributed by atoms with van der Waals surface area (Å²) in [5.74, 6) is 0. The van der Waals surface area contributed by atoms with Crippen LogP contribution >= 0.6 is 0 Å². The number of benzene rings is 1. The quantitative estimate of drug-likeness (QED) is 0.744. The molecule has 1 N–H and O–H groups in total. The number of hydrogen-bond acceptors (Lipinski definition) is 2. The zero-order valence-electron chi connectivity index (χ0n) is 9.60. The number of aliphatic hydroxyl groups is 1. The van der Waals surface area contributed by atoms with Crippen molar-refractivity contribution >= 4 is 6.08 Å². The van der Waals surface area contributed by atoms with Gasteiger partial charge < -0.3 is 9.84 Å². The summed E-state index contributed by atoms with van der Waals surface area (Å²) in [4.78, 5) is 0. The minimum Gasteiger partial charge on any atom is -0.392 e. The van der Waals surface area contributed by atoms with Gasteiger partial charge in [0.1, 0.15) is 0 Å². The number of rotatable bonds is 6. The third-order valence-corrected chi connectivity index (χ3v) is 2.41. The van der Waals surface area contributed by atoms with Crippen molar-refractivity contribution in [3.8, 4) is 0 Å². The van der Waals surface area contributed by atoms with Crippen LogP contribution in [0.25, 0.3) is 6.08 Å². The van der Waals surface area contributed by atoms with Gasteiger partial charge in [0, 0.05) is 7.11 Å². The highest BCUT2D eigenvalue weighted by Crippen LogP contribution is 2.08. The van der Waals surface area contributed by atoms with Gasteiger partial charge in [-0.1, -0.05) is 42.5 Å². The van der Waals surface area contributed by atoms with Crippen LogP contribution in [0.2, 0.25) is 0 Å².